The zero-order valence-electron chi connectivity index (χ0n) is 15.7. The molecule has 1 aromatic heterocycles. The Labute approximate surface area is 174 Å². The second kappa shape index (κ2) is 7.85. The van der Waals surface area contributed by atoms with Crippen LogP contribution in [0, 0.1) is 6.92 Å². The topological polar surface area (TPSA) is 83.5 Å². The van der Waals surface area contributed by atoms with E-state index in [1.807, 2.05) is 49.4 Å². The number of hydrogen-bond donors (Lipinski definition) is 2. The standard InChI is InChI=1S/C21H19ClN4O2S/c1-14-6-5-11-23-18(14)13-24-21-25-20-16(12-15-7-2-3-9-17(15)22)8-4-10-19(20)29(27,28)26-21/h2-11H,12-13H2,1H3,(H2,24,25,26). The summed E-state index contributed by atoms with van der Waals surface area (Å²) in [6, 6.07) is 16.5. The molecule has 6 nitrogen and oxygen atoms in total. The Hall–Kier alpha value is -2.90. The van der Waals surface area contributed by atoms with Crippen molar-refractivity contribution in [1.82, 2.24) is 9.71 Å². The summed E-state index contributed by atoms with van der Waals surface area (Å²) < 4.78 is 28.0. The van der Waals surface area contributed by atoms with Crippen LogP contribution in [0.1, 0.15) is 22.4 Å². The summed E-state index contributed by atoms with van der Waals surface area (Å²) in [6.45, 7) is 2.21. The average molecular weight is 427 g/mol. The van der Waals surface area contributed by atoms with Gasteiger partial charge in [-0.3, -0.25) is 4.98 Å². The Morgan fingerprint density at radius 2 is 1.83 bits per heavy atom. The Kier molecular flexibility index (Phi) is 5.25. The van der Waals surface area contributed by atoms with Crippen LogP contribution in [0.5, 0.6) is 0 Å². The third kappa shape index (κ3) is 4.11. The maximum Gasteiger partial charge on any atom is 0.266 e. The van der Waals surface area contributed by atoms with Crippen LogP contribution in [0.15, 0.2) is 70.7 Å². The minimum Gasteiger partial charge on any atom is -0.324 e. The summed E-state index contributed by atoms with van der Waals surface area (Å²) in [6.07, 6.45) is 2.19. The molecule has 0 radical (unpaired) electrons. The molecule has 0 aliphatic carbocycles. The van der Waals surface area contributed by atoms with Crippen LogP contribution in [-0.2, 0) is 23.0 Å². The molecule has 0 bridgehead atoms. The number of aliphatic imine (C=N–C) groups is 1. The minimum absolute atomic E-state index is 0.175. The summed E-state index contributed by atoms with van der Waals surface area (Å²) in [5.41, 5.74) is 4.04. The summed E-state index contributed by atoms with van der Waals surface area (Å²) in [4.78, 5) is 8.89. The van der Waals surface area contributed by atoms with Crippen LogP contribution >= 0.6 is 11.6 Å². The van der Waals surface area contributed by atoms with Crippen LogP contribution in [0.2, 0.25) is 5.02 Å². The largest absolute Gasteiger partial charge is 0.324 e. The van der Waals surface area contributed by atoms with Gasteiger partial charge >= 0.3 is 0 Å². The van der Waals surface area contributed by atoms with Gasteiger partial charge in [0.1, 0.15) is 4.90 Å². The zero-order chi connectivity index (χ0) is 20.4. The van der Waals surface area contributed by atoms with Gasteiger partial charge in [0.05, 0.1) is 17.9 Å². The molecular weight excluding hydrogens is 408 g/mol. The fourth-order valence-electron chi connectivity index (χ4n) is 3.17. The van der Waals surface area contributed by atoms with Crippen molar-refractivity contribution in [3.8, 4) is 0 Å². The molecule has 148 valence electrons. The van der Waals surface area contributed by atoms with Crippen molar-refractivity contribution >= 4 is 33.3 Å². The number of nitrogens with zero attached hydrogens (tertiary/aromatic N) is 2. The van der Waals surface area contributed by atoms with Gasteiger partial charge in [0.2, 0.25) is 5.96 Å². The Morgan fingerprint density at radius 3 is 2.62 bits per heavy atom. The van der Waals surface area contributed by atoms with E-state index >= 15 is 0 Å². The third-order valence-electron chi connectivity index (χ3n) is 4.72. The van der Waals surface area contributed by atoms with Gasteiger partial charge < -0.3 is 5.32 Å². The van der Waals surface area contributed by atoms with Crippen LogP contribution in [0.4, 0.5) is 5.69 Å². The minimum atomic E-state index is -3.73. The maximum absolute atomic E-state index is 12.8. The molecule has 2 aromatic carbocycles. The van der Waals surface area contributed by atoms with Crippen molar-refractivity contribution in [3.05, 3.63) is 88.2 Å². The molecule has 0 saturated carbocycles. The number of halogens is 1. The van der Waals surface area contributed by atoms with Crippen molar-refractivity contribution in [2.45, 2.75) is 24.8 Å². The van der Waals surface area contributed by atoms with Crippen molar-refractivity contribution in [1.29, 1.82) is 0 Å². The average Bonchev–Trinajstić information content (AvgIpc) is 2.69. The Bertz CT molecular complexity index is 1210. The molecule has 8 heteroatoms. The number of pyridine rings is 1. The Balaban J connectivity index is 1.69. The molecule has 1 aliphatic rings. The molecule has 0 amide bonds. The molecule has 2 N–H and O–H groups in total. The molecule has 0 saturated heterocycles. The number of sulfonamides is 1. The fraction of sp³-hybridized carbons (Fsp3) is 0.143. The quantitative estimate of drug-likeness (QED) is 0.662. The lowest BCUT2D eigenvalue weighted by atomic mass is 10.0. The number of hydrogen-bond acceptors (Lipinski definition) is 4. The van der Waals surface area contributed by atoms with Crippen LogP contribution < -0.4 is 10.0 Å². The van der Waals surface area contributed by atoms with E-state index in [0.29, 0.717) is 17.1 Å². The molecule has 0 fully saturated rings. The van der Waals surface area contributed by atoms with Gasteiger partial charge in [0.25, 0.3) is 10.0 Å². The van der Waals surface area contributed by atoms with Gasteiger partial charge in [-0.05, 0) is 41.8 Å². The van der Waals surface area contributed by atoms with Gasteiger partial charge in [-0.1, -0.05) is 48.0 Å². The monoisotopic (exact) mass is 426 g/mol. The van der Waals surface area contributed by atoms with E-state index in [1.54, 1.807) is 18.3 Å². The summed E-state index contributed by atoms with van der Waals surface area (Å²) in [5, 5.41) is 3.78. The van der Waals surface area contributed by atoms with E-state index in [0.717, 1.165) is 22.4 Å². The number of aryl methyl sites for hydroxylation is 1. The molecule has 2 heterocycles. The molecule has 0 atom stereocenters. The first-order valence-corrected chi connectivity index (χ1v) is 10.9. The number of para-hydroxylation sites is 1. The van der Waals surface area contributed by atoms with E-state index in [9.17, 15) is 8.42 Å². The van der Waals surface area contributed by atoms with Crippen molar-refractivity contribution in [3.63, 3.8) is 0 Å². The van der Waals surface area contributed by atoms with Crippen LogP contribution in [0.3, 0.4) is 0 Å². The first-order valence-electron chi connectivity index (χ1n) is 9.04. The predicted molar refractivity (Wildman–Crippen MR) is 115 cm³/mol. The van der Waals surface area contributed by atoms with Gasteiger partial charge in [-0.2, -0.15) is 0 Å². The lowest BCUT2D eigenvalue weighted by Crippen LogP contribution is -2.41. The Morgan fingerprint density at radius 1 is 1.03 bits per heavy atom. The van der Waals surface area contributed by atoms with Crippen molar-refractivity contribution in [2.24, 2.45) is 4.99 Å². The molecule has 29 heavy (non-hydrogen) atoms. The summed E-state index contributed by atoms with van der Waals surface area (Å²) in [5.74, 6) is 0.175. The highest BCUT2D eigenvalue weighted by Crippen LogP contribution is 2.31. The molecule has 1 aliphatic heterocycles. The normalized spacial score (nSPS) is 16.0. The molecule has 3 aromatic rings. The van der Waals surface area contributed by atoms with Crippen LogP contribution in [-0.4, -0.2) is 19.4 Å². The highest BCUT2D eigenvalue weighted by atomic mass is 35.5. The third-order valence-corrected chi connectivity index (χ3v) is 6.47. The van der Waals surface area contributed by atoms with Gasteiger partial charge in [0.15, 0.2) is 0 Å². The number of nitrogens with one attached hydrogen (secondary N) is 2. The highest BCUT2D eigenvalue weighted by Gasteiger charge is 2.28. The number of anilines is 1. The maximum atomic E-state index is 12.8. The molecular formula is C21H19ClN4O2S. The smallest absolute Gasteiger partial charge is 0.266 e. The van der Waals surface area contributed by atoms with Crippen LogP contribution in [0.25, 0.3) is 0 Å². The van der Waals surface area contributed by atoms with Gasteiger partial charge in [-0.25, -0.2) is 18.1 Å². The lowest BCUT2D eigenvalue weighted by molar-refractivity contribution is 0.591. The predicted octanol–water partition coefficient (Wildman–Crippen LogP) is 3.89. The molecule has 0 spiro atoms. The number of rotatable bonds is 4. The molecule has 0 unspecified atom stereocenters. The second-order valence-electron chi connectivity index (χ2n) is 6.72. The van der Waals surface area contributed by atoms with E-state index in [1.165, 1.54) is 0 Å². The first kappa shape index (κ1) is 19.4. The van der Waals surface area contributed by atoms with Crippen molar-refractivity contribution < 1.29 is 8.42 Å². The molecule has 4 rings (SSSR count). The number of benzene rings is 2. The number of guanidine groups is 1. The van der Waals surface area contributed by atoms with E-state index in [2.05, 4.69) is 20.0 Å². The summed E-state index contributed by atoms with van der Waals surface area (Å²) in [7, 11) is -3.73. The summed E-state index contributed by atoms with van der Waals surface area (Å²) >= 11 is 6.29. The van der Waals surface area contributed by atoms with E-state index in [4.69, 9.17) is 11.6 Å². The van der Waals surface area contributed by atoms with E-state index in [-0.39, 0.29) is 17.4 Å². The van der Waals surface area contributed by atoms with Gasteiger partial charge in [0, 0.05) is 17.6 Å². The number of aromatic nitrogens is 1. The highest BCUT2D eigenvalue weighted by molar-refractivity contribution is 7.90. The van der Waals surface area contributed by atoms with E-state index < -0.39 is 10.0 Å². The SMILES string of the molecule is Cc1cccnc1CN=C1Nc2c(Cc3ccccc3Cl)cccc2S(=O)(=O)N1. The zero-order valence-corrected chi connectivity index (χ0v) is 17.3. The van der Waals surface area contributed by atoms with Gasteiger partial charge in [-0.15, -0.1) is 0 Å². The van der Waals surface area contributed by atoms with Crippen molar-refractivity contribution in [2.75, 3.05) is 5.32 Å². The second-order valence-corrected chi connectivity index (χ2v) is 8.78. The first-order chi connectivity index (χ1) is 13.9. The number of fused-ring (bicyclic) bond motifs is 1. The fourth-order valence-corrected chi connectivity index (χ4v) is 4.56. The lowest BCUT2D eigenvalue weighted by Gasteiger charge is -2.24.